The van der Waals surface area contributed by atoms with Gasteiger partial charge in [-0.1, -0.05) is 0 Å². The summed E-state index contributed by atoms with van der Waals surface area (Å²) in [6.45, 7) is 2.37. The molecule has 7 heteroatoms. The van der Waals surface area contributed by atoms with Gasteiger partial charge < -0.3 is 14.6 Å². The van der Waals surface area contributed by atoms with Crippen molar-refractivity contribution >= 4 is 16.6 Å². The van der Waals surface area contributed by atoms with Crippen molar-refractivity contribution in [2.45, 2.75) is 6.18 Å². The van der Waals surface area contributed by atoms with E-state index in [0.717, 1.165) is 0 Å². The van der Waals surface area contributed by atoms with E-state index >= 15 is 0 Å². The molecule has 0 amide bonds. The zero-order chi connectivity index (χ0) is 15.0. The van der Waals surface area contributed by atoms with Gasteiger partial charge in [0.15, 0.2) is 0 Å². The van der Waals surface area contributed by atoms with E-state index in [-0.39, 0.29) is 10.9 Å². The quantitative estimate of drug-likeness (QED) is 0.879. The number of benzene rings is 1. The monoisotopic (exact) mass is 298 g/mol. The minimum atomic E-state index is -4.56. The number of pyridine rings is 1. The SMILES string of the molecule is O=c1cc(C(F)(F)F)c2cc(N3CCOCC3)ccc2[nH]1. The Balaban J connectivity index is 2.15. The van der Waals surface area contributed by atoms with Crippen LogP contribution in [0.25, 0.3) is 10.9 Å². The van der Waals surface area contributed by atoms with Crippen LogP contribution in [0, 0.1) is 0 Å². The fourth-order valence-corrected chi connectivity index (χ4v) is 2.49. The maximum atomic E-state index is 13.1. The molecule has 1 aliphatic heterocycles. The number of aromatic nitrogens is 1. The lowest BCUT2D eigenvalue weighted by molar-refractivity contribution is -0.136. The molecular formula is C14H13F3N2O2. The Labute approximate surface area is 118 Å². The number of hydrogen-bond donors (Lipinski definition) is 1. The summed E-state index contributed by atoms with van der Waals surface area (Å²) >= 11 is 0. The molecule has 0 spiro atoms. The average Bonchev–Trinajstić information content (AvgIpc) is 2.46. The molecule has 0 aliphatic carbocycles. The van der Waals surface area contributed by atoms with E-state index in [9.17, 15) is 18.0 Å². The molecule has 0 saturated carbocycles. The highest BCUT2D eigenvalue weighted by atomic mass is 19.4. The van der Waals surface area contributed by atoms with E-state index in [1.807, 2.05) is 4.90 Å². The van der Waals surface area contributed by atoms with E-state index in [2.05, 4.69) is 4.98 Å². The maximum absolute atomic E-state index is 13.1. The molecule has 0 unspecified atom stereocenters. The molecule has 21 heavy (non-hydrogen) atoms. The predicted molar refractivity (Wildman–Crippen MR) is 72.6 cm³/mol. The molecular weight excluding hydrogens is 285 g/mol. The molecule has 2 heterocycles. The third-order valence-corrected chi connectivity index (χ3v) is 3.51. The van der Waals surface area contributed by atoms with Crippen LogP contribution in [-0.2, 0) is 10.9 Å². The highest BCUT2D eigenvalue weighted by Gasteiger charge is 2.33. The minimum Gasteiger partial charge on any atom is -0.378 e. The van der Waals surface area contributed by atoms with Crippen molar-refractivity contribution in [2.24, 2.45) is 0 Å². The van der Waals surface area contributed by atoms with Crippen LogP contribution in [0.2, 0.25) is 0 Å². The number of alkyl halides is 3. The predicted octanol–water partition coefficient (Wildman–Crippen LogP) is 2.38. The van der Waals surface area contributed by atoms with Crippen LogP contribution < -0.4 is 10.5 Å². The molecule has 1 aromatic heterocycles. The standard InChI is InChI=1S/C14H13F3N2O2/c15-14(16,17)11-8-13(20)18-12-2-1-9(7-10(11)12)19-3-5-21-6-4-19/h1-2,7-8H,3-6H2,(H,18,20). The van der Waals surface area contributed by atoms with Crippen LogP contribution in [0.1, 0.15) is 5.56 Å². The Kier molecular flexibility index (Phi) is 3.36. The second-order valence-corrected chi connectivity index (χ2v) is 4.87. The molecule has 0 atom stereocenters. The number of rotatable bonds is 1. The number of nitrogens with one attached hydrogen (secondary N) is 1. The Morgan fingerprint density at radius 3 is 2.52 bits per heavy atom. The second-order valence-electron chi connectivity index (χ2n) is 4.87. The zero-order valence-electron chi connectivity index (χ0n) is 11.0. The zero-order valence-corrected chi connectivity index (χ0v) is 11.0. The number of fused-ring (bicyclic) bond motifs is 1. The summed E-state index contributed by atoms with van der Waals surface area (Å²) in [7, 11) is 0. The van der Waals surface area contributed by atoms with Gasteiger partial charge in [-0.25, -0.2) is 0 Å². The van der Waals surface area contributed by atoms with Gasteiger partial charge in [0.2, 0.25) is 5.56 Å². The van der Waals surface area contributed by atoms with Gasteiger partial charge in [-0.05, 0) is 18.2 Å². The van der Waals surface area contributed by atoms with Crippen molar-refractivity contribution in [3.05, 3.63) is 40.2 Å². The third-order valence-electron chi connectivity index (χ3n) is 3.51. The summed E-state index contributed by atoms with van der Waals surface area (Å²) in [4.78, 5) is 15.8. The fourth-order valence-electron chi connectivity index (χ4n) is 2.49. The molecule has 4 nitrogen and oxygen atoms in total. The normalized spacial score (nSPS) is 16.4. The lowest BCUT2D eigenvalue weighted by atomic mass is 10.1. The fraction of sp³-hybridized carbons (Fsp3) is 0.357. The molecule has 1 N–H and O–H groups in total. The molecule has 2 aromatic rings. The van der Waals surface area contributed by atoms with E-state index < -0.39 is 17.3 Å². The summed E-state index contributed by atoms with van der Waals surface area (Å²) in [6.07, 6.45) is -4.56. The lowest BCUT2D eigenvalue weighted by Gasteiger charge is -2.29. The maximum Gasteiger partial charge on any atom is 0.417 e. The Bertz CT molecular complexity index is 718. The summed E-state index contributed by atoms with van der Waals surface area (Å²) in [6, 6.07) is 5.30. The highest BCUT2D eigenvalue weighted by Crippen LogP contribution is 2.34. The van der Waals surface area contributed by atoms with Gasteiger partial charge in [0.25, 0.3) is 0 Å². The average molecular weight is 298 g/mol. The summed E-state index contributed by atoms with van der Waals surface area (Å²) < 4.78 is 44.5. The number of nitrogens with zero attached hydrogens (tertiary/aromatic N) is 1. The van der Waals surface area contributed by atoms with Crippen LogP contribution >= 0.6 is 0 Å². The molecule has 1 fully saturated rings. The Morgan fingerprint density at radius 1 is 1.14 bits per heavy atom. The molecule has 0 radical (unpaired) electrons. The third kappa shape index (κ3) is 2.73. The molecule has 1 aromatic carbocycles. The number of anilines is 1. The number of morpholine rings is 1. The van der Waals surface area contributed by atoms with E-state index in [0.29, 0.717) is 38.1 Å². The van der Waals surface area contributed by atoms with Crippen molar-refractivity contribution < 1.29 is 17.9 Å². The number of aromatic amines is 1. The van der Waals surface area contributed by atoms with Gasteiger partial charge in [0, 0.05) is 35.7 Å². The molecule has 3 rings (SSSR count). The largest absolute Gasteiger partial charge is 0.417 e. The van der Waals surface area contributed by atoms with Crippen LogP contribution in [-0.4, -0.2) is 31.3 Å². The van der Waals surface area contributed by atoms with Crippen molar-refractivity contribution in [1.82, 2.24) is 4.98 Å². The van der Waals surface area contributed by atoms with Crippen molar-refractivity contribution in [3.8, 4) is 0 Å². The Hall–Kier alpha value is -2.02. The first-order valence-corrected chi connectivity index (χ1v) is 6.52. The molecule has 112 valence electrons. The van der Waals surface area contributed by atoms with Gasteiger partial charge in [0.1, 0.15) is 0 Å². The second kappa shape index (κ2) is 5.07. The number of ether oxygens (including phenoxy) is 1. The van der Waals surface area contributed by atoms with Gasteiger partial charge in [-0.3, -0.25) is 4.79 Å². The number of H-pyrrole nitrogens is 1. The van der Waals surface area contributed by atoms with Crippen molar-refractivity contribution in [1.29, 1.82) is 0 Å². The Morgan fingerprint density at radius 2 is 1.86 bits per heavy atom. The smallest absolute Gasteiger partial charge is 0.378 e. The van der Waals surface area contributed by atoms with Crippen LogP contribution in [0.5, 0.6) is 0 Å². The van der Waals surface area contributed by atoms with Crippen LogP contribution in [0.4, 0.5) is 18.9 Å². The first-order valence-electron chi connectivity index (χ1n) is 6.52. The van der Waals surface area contributed by atoms with Gasteiger partial charge in [-0.15, -0.1) is 0 Å². The molecule has 0 bridgehead atoms. The van der Waals surface area contributed by atoms with Crippen molar-refractivity contribution in [3.63, 3.8) is 0 Å². The van der Waals surface area contributed by atoms with Gasteiger partial charge in [-0.2, -0.15) is 13.2 Å². The van der Waals surface area contributed by atoms with Crippen LogP contribution in [0.3, 0.4) is 0 Å². The van der Waals surface area contributed by atoms with Crippen LogP contribution in [0.15, 0.2) is 29.1 Å². The number of halogens is 3. The minimum absolute atomic E-state index is 0.00564. The summed E-state index contributed by atoms with van der Waals surface area (Å²) in [5.74, 6) is 0. The van der Waals surface area contributed by atoms with Gasteiger partial charge in [0.05, 0.1) is 18.8 Å². The summed E-state index contributed by atoms with van der Waals surface area (Å²) in [5, 5.41) is 0.00564. The van der Waals surface area contributed by atoms with E-state index in [4.69, 9.17) is 4.74 Å². The topological polar surface area (TPSA) is 45.3 Å². The van der Waals surface area contributed by atoms with E-state index in [1.54, 1.807) is 6.07 Å². The number of hydrogen-bond acceptors (Lipinski definition) is 3. The molecule has 1 aliphatic rings. The van der Waals surface area contributed by atoms with Gasteiger partial charge >= 0.3 is 6.18 Å². The van der Waals surface area contributed by atoms with Crippen molar-refractivity contribution in [2.75, 3.05) is 31.2 Å². The first-order chi connectivity index (χ1) is 9.95. The summed E-state index contributed by atoms with van der Waals surface area (Å²) in [5.41, 5.74) is -0.777. The molecule has 1 saturated heterocycles. The highest BCUT2D eigenvalue weighted by molar-refractivity contribution is 5.86. The first kappa shape index (κ1) is 13.9. The van der Waals surface area contributed by atoms with E-state index in [1.165, 1.54) is 12.1 Å². The lowest BCUT2D eigenvalue weighted by Crippen LogP contribution is -2.36.